The van der Waals surface area contributed by atoms with Crippen LogP contribution < -0.4 is 10.0 Å². The van der Waals surface area contributed by atoms with Crippen molar-refractivity contribution in [3.63, 3.8) is 0 Å². The fourth-order valence-corrected chi connectivity index (χ4v) is 4.38. The molecule has 3 aromatic rings. The van der Waals surface area contributed by atoms with Gasteiger partial charge in [-0.2, -0.15) is 4.98 Å². The Morgan fingerprint density at radius 3 is 2.96 bits per heavy atom. The predicted molar refractivity (Wildman–Crippen MR) is 100.0 cm³/mol. The molecule has 1 atom stereocenters. The van der Waals surface area contributed by atoms with E-state index in [4.69, 9.17) is 5.14 Å². The van der Waals surface area contributed by atoms with E-state index in [1.807, 2.05) is 6.92 Å². The lowest BCUT2D eigenvalue weighted by Crippen LogP contribution is -2.37. The number of fused-ring (bicyclic) bond motifs is 2. The maximum absolute atomic E-state index is 12.8. The highest BCUT2D eigenvalue weighted by Crippen LogP contribution is 2.34. The second kappa shape index (κ2) is 6.59. The van der Waals surface area contributed by atoms with Crippen LogP contribution in [0.3, 0.4) is 0 Å². The molecule has 9 nitrogen and oxygen atoms in total. The first-order valence-electron chi connectivity index (χ1n) is 8.11. The first-order valence-corrected chi connectivity index (χ1v) is 10.6. The van der Waals surface area contributed by atoms with Crippen LogP contribution in [0.15, 0.2) is 46.7 Å². The summed E-state index contributed by atoms with van der Waals surface area (Å²) in [6.45, 7) is 1.92. The third kappa shape index (κ3) is 3.40. The number of aromatic nitrogens is 4. The van der Waals surface area contributed by atoms with Gasteiger partial charge >= 0.3 is 0 Å². The standard InChI is InChI=1S/C16H16N6O3S2/c1-10-7-11-8-12(27(17,24)25)3-4-13(11)22(10)14(23)9-26-16-19-15-18-5-2-6-21(15)20-16/h2-6,8,10H,7,9H2,1H3,(H2,17,24,25)/t10-/m1/s1. The van der Waals surface area contributed by atoms with Crippen LogP contribution in [0, 0.1) is 0 Å². The summed E-state index contributed by atoms with van der Waals surface area (Å²) in [5.41, 5.74) is 1.51. The number of rotatable bonds is 4. The zero-order valence-electron chi connectivity index (χ0n) is 14.3. The van der Waals surface area contributed by atoms with Crippen molar-refractivity contribution in [1.82, 2.24) is 19.6 Å². The molecule has 0 aliphatic carbocycles. The SMILES string of the molecule is C[C@@H]1Cc2cc(S(N)(=O)=O)ccc2N1C(=O)CSc1nc2ncccn2n1. The summed E-state index contributed by atoms with van der Waals surface area (Å²) in [6.07, 6.45) is 3.94. The maximum Gasteiger partial charge on any atom is 0.253 e. The van der Waals surface area contributed by atoms with Crippen molar-refractivity contribution in [2.45, 2.75) is 29.4 Å². The largest absolute Gasteiger partial charge is 0.308 e. The quantitative estimate of drug-likeness (QED) is 0.639. The monoisotopic (exact) mass is 404 g/mol. The van der Waals surface area contributed by atoms with Crippen LogP contribution in [-0.4, -0.2) is 45.7 Å². The van der Waals surface area contributed by atoms with Crippen molar-refractivity contribution in [1.29, 1.82) is 0 Å². The van der Waals surface area contributed by atoms with Crippen molar-refractivity contribution < 1.29 is 13.2 Å². The van der Waals surface area contributed by atoms with Crippen LogP contribution in [0.1, 0.15) is 12.5 Å². The van der Waals surface area contributed by atoms with E-state index in [1.165, 1.54) is 23.9 Å². The molecule has 1 aliphatic heterocycles. The molecule has 0 saturated carbocycles. The molecule has 0 bridgehead atoms. The maximum atomic E-state index is 12.8. The molecule has 2 aromatic heterocycles. The first kappa shape index (κ1) is 17.9. The molecule has 0 fully saturated rings. The Morgan fingerprint density at radius 2 is 2.22 bits per heavy atom. The summed E-state index contributed by atoms with van der Waals surface area (Å²) < 4.78 is 24.6. The number of anilines is 1. The molecule has 2 N–H and O–H groups in total. The molecule has 11 heteroatoms. The number of carbonyl (C=O) groups excluding carboxylic acids is 1. The lowest BCUT2D eigenvalue weighted by atomic mass is 10.1. The van der Waals surface area contributed by atoms with Gasteiger partial charge in [-0.3, -0.25) is 4.79 Å². The Labute approximate surface area is 159 Å². The van der Waals surface area contributed by atoms with Gasteiger partial charge in [0.1, 0.15) is 0 Å². The summed E-state index contributed by atoms with van der Waals surface area (Å²) in [7, 11) is -3.77. The molecule has 1 aliphatic rings. The van der Waals surface area contributed by atoms with E-state index in [-0.39, 0.29) is 22.6 Å². The van der Waals surface area contributed by atoms with Crippen LogP contribution in [0.4, 0.5) is 5.69 Å². The fraction of sp³-hybridized carbons (Fsp3) is 0.250. The third-order valence-corrected chi connectivity index (χ3v) is 6.02. The van der Waals surface area contributed by atoms with Gasteiger partial charge in [0, 0.05) is 24.1 Å². The Balaban J connectivity index is 1.52. The van der Waals surface area contributed by atoms with Crippen molar-refractivity contribution in [3.05, 3.63) is 42.2 Å². The molecule has 27 heavy (non-hydrogen) atoms. The lowest BCUT2D eigenvalue weighted by Gasteiger charge is -2.22. The van der Waals surface area contributed by atoms with E-state index in [2.05, 4.69) is 15.1 Å². The average molecular weight is 404 g/mol. The van der Waals surface area contributed by atoms with Crippen LogP contribution in [-0.2, 0) is 21.2 Å². The molecular weight excluding hydrogens is 388 g/mol. The minimum Gasteiger partial charge on any atom is -0.308 e. The van der Waals surface area contributed by atoms with Gasteiger partial charge in [-0.15, -0.1) is 5.10 Å². The molecular formula is C16H16N6O3S2. The molecule has 0 radical (unpaired) electrons. The van der Waals surface area contributed by atoms with Gasteiger partial charge in [0.05, 0.1) is 10.6 Å². The van der Waals surface area contributed by atoms with Gasteiger partial charge in [-0.25, -0.2) is 23.1 Å². The minimum absolute atomic E-state index is 0.0542. The topological polar surface area (TPSA) is 124 Å². The number of nitrogens with two attached hydrogens (primary N) is 1. The number of sulfonamides is 1. The third-order valence-electron chi connectivity index (χ3n) is 4.29. The Bertz CT molecular complexity index is 1110. The van der Waals surface area contributed by atoms with E-state index in [1.54, 1.807) is 33.9 Å². The lowest BCUT2D eigenvalue weighted by molar-refractivity contribution is -0.116. The van der Waals surface area contributed by atoms with Crippen molar-refractivity contribution in [2.75, 3.05) is 10.7 Å². The molecule has 140 valence electrons. The number of carbonyl (C=O) groups is 1. The number of benzene rings is 1. The Morgan fingerprint density at radius 1 is 1.41 bits per heavy atom. The molecule has 1 amide bonds. The van der Waals surface area contributed by atoms with E-state index in [9.17, 15) is 13.2 Å². The highest BCUT2D eigenvalue weighted by molar-refractivity contribution is 7.99. The van der Waals surface area contributed by atoms with Crippen molar-refractivity contribution >= 4 is 39.2 Å². The van der Waals surface area contributed by atoms with Gasteiger partial charge < -0.3 is 4.90 Å². The minimum atomic E-state index is -3.77. The molecule has 0 spiro atoms. The summed E-state index contributed by atoms with van der Waals surface area (Å²) >= 11 is 1.24. The number of hydrogen-bond acceptors (Lipinski definition) is 7. The van der Waals surface area contributed by atoms with Crippen molar-refractivity contribution in [3.8, 4) is 0 Å². The van der Waals surface area contributed by atoms with Gasteiger partial charge in [0.2, 0.25) is 21.1 Å². The Hall–Kier alpha value is -2.50. The predicted octanol–water partition coefficient (Wildman–Crippen LogP) is 0.842. The number of thioether (sulfide) groups is 1. The number of primary sulfonamides is 1. The summed E-state index contributed by atoms with van der Waals surface area (Å²) in [6, 6.07) is 6.28. The highest BCUT2D eigenvalue weighted by Gasteiger charge is 2.31. The molecule has 4 rings (SSSR count). The second-order valence-electron chi connectivity index (χ2n) is 6.20. The van der Waals surface area contributed by atoms with Gasteiger partial charge in [0.25, 0.3) is 5.78 Å². The molecule has 0 saturated heterocycles. The molecule has 1 aromatic carbocycles. The number of hydrogen-bond donors (Lipinski definition) is 1. The summed E-state index contributed by atoms with van der Waals surface area (Å²) in [5, 5.41) is 9.93. The first-order chi connectivity index (χ1) is 12.8. The average Bonchev–Trinajstić information content (AvgIpc) is 3.17. The van der Waals surface area contributed by atoms with E-state index >= 15 is 0 Å². The number of amides is 1. The zero-order chi connectivity index (χ0) is 19.2. The van der Waals surface area contributed by atoms with Crippen LogP contribution in [0.2, 0.25) is 0 Å². The second-order valence-corrected chi connectivity index (χ2v) is 8.70. The smallest absolute Gasteiger partial charge is 0.253 e. The van der Waals surface area contributed by atoms with Gasteiger partial charge in [-0.1, -0.05) is 11.8 Å². The van der Waals surface area contributed by atoms with Crippen LogP contribution >= 0.6 is 11.8 Å². The normalized spacial score (nSPS) is 16.7. The number of nitrogens with zero attached hydrogens (tertiary/aromatic N) is 5. The van der Waals surface area contributed by atoms with E-state index in [0.29, 0.717) is 23.0 Å². The molecule has 3 heterocycles. The van der Waals surface area contributed by atoms with Crippen LogP contribution in [0.25, 0.3) is 5.78 Å². The van der Waals surface area contributed by atoms with Crippen molar-refractivity contribution in [2.24, 2.45) is 5.14 Å². The summed E-state index contributed by atoms with van der Waals surface area (Å²) in [4.78, 5) is 22.9. The van der Waals surface area contributed by atoms with E-state index in [0.717, 1.165) is 5.56 Å². The van der Waals surface area contributed by atoms with Gasteiger partial charge in [0.15, 0.2) is 0 Å². The molecule has 0 unspecified atom stereocenters. The highest BCUT2D eigenvalue weighted by atomic mass is 32.2. The zero-order valence-corrected chi connectivity index (χ0v) is 15.9. The fourth-order valence-electron chi connectivity index (χ4n) is 3.14. The van der Waals surface area contributed by atoms with Gasteiger partial charge in [-0.05, 0) is 43.2 Å². The van der Waals surface area contributed by atoms with Crippen LogP contribution in [0.5, 0.6) is 0 Å². The van der Waals surface area contributed by atoms with E-state index < -0.39 is 10.0 Å². The summed E-state index contributed by atoms with van der Waals surface area (Å²) in [5.74, 6) is 0.543. The Kier molecular flexibility index (Phi) is 4.36.